The summed E-state index contributed by atoms with van der Waals surface area (Å²) in [6.07, 6.45) is 5.18. The highest BCUT2D eigenvalue weighted by molar-refractivity contribution is 6.07. The van der Waals surface area contributed by atoms with Gasteiger partial charge in [-0.05, 0) is 18.1 Å². The molecule has 0 amide bonds. The fraction of sp³-hybridized carbons (Fsp3) is 0.235. The van der Waals surface area contributed by atoms with E-state index in [0.29, 0.717) is 23.6 Å². The molecule has 0 fully saturated rings. The topological polar surface area (TPSA) is 61.8 Å². The molecule has 0 aliphatic carbocycles. The predicted octanol–water partition coefficient (Wildman–Crippen LogP) is 2.89. The number of Topliss-reactive ketones (excluding diaryl/α,β-unsaturated/α-hetero) is 1. The maximum atomic E-state index is 12.4. The Labute approximate surface area is 128 Å². The van der Waals surface area contributed by atoms with Gasteiger partial charge in [-0.2, -0.15) is 9.83 Å². The molecule has 0 radical (unpaired) electrons. The smallest absolute Gasteiger partial charge is 0.206 e. The van der Waals surface area contributed by atoms with Crippen LogP contribution in [0.25, 0.3) is 16.6 Å². The molecule has 0 N–H and O–H groups in total. The van der Waals surface area contributed by atoms with E-state index in [0.717, 1.165) is 15.6 Å². The molecule has 0 unspecified atom stereocenters. The summed E-state index contributed by atoms with van der Waals surface area (Å²) in [5, 5.41) is 16.7. The van der Waals surface area contributed by atoms with Gasteiger partial charge in [0.05, 0.1) is 5.52 Å². The van der Waals surface area contributed by atoms with Crippen molar-refractivity contribution >= 4 is 16.7 Å². The van der Waals surface area contributed by atoms with Gasteiger partial charge in [-0.3, -0.25) is 4.79 Å². The SMILES string of the molecule is CC(C)CC(=O)c1cccc2nn(-c3ccc[n+]([O-])c3)cc12. The van der Waals surface area contributed by atoms with Crippen molar-refractivity contribution in [3.8, 4) is 5.69 Å². The highest BCUT2D eigenvalue weighted by Crippen LogP contribution is 2.22. The Morgan fingerprint density at radius 3 is 2.86 bits per heavy atom. The van der Waals surface area contributed by atoms with Gasteiger partial charge in [0.2, 0.25) is 6.20 Å². The Balaban J connectivity index is 2.08. The molecule has 0 atom stereocenters. The molecule has 0 saturated heterocycles. The van der Waals surface area contributed by atoms with Gasteiger partial charge in [0.1, 0.15) is 5.69 Å². The lowest BCUT2D eigenvalue weighted by molar-refractivity contribution is -0.605. The molecule has 2 heterocycles. The van der Waals surface area contributed by atoms with Crippen molar-refractivity contribution in [2.75, 3.05) is 0 Å². The van der Waals surface area contributed by atoms with Crippen molar-refractivity contribution in [3.05, 3.63) is 59.7 Å². The first-order chi connectivity index (χ1) is 10.5. The second-order valence-electron chi connectivity index (χ2n) is 5.76. The molecule has 22 heavy (non-hydrogen) atoms. The Morgan fingerprint density at radius 2 is 2.14 bits per heavy atom. The van der Waals surface area contributed by atoms with Crippen LogP contribution in [0.5, 0.6) is 0 Å². The standard InChI is InChI=1S/C17H17N3O2/c1-12(2)9-17(21)14-6-3-7-16-15(14)11-20(18-16)13-5-4-8-19(22)10-13/h3-8,10-12H,9H2,1-2H3. The number of aromatic nitrogens is 3. The first-order valence-electron chi connectivity index (χ1n) is 7.25. The minimum atomic E-state index is 0.118. The van der Waals surface area contributed by atoms with Crippen LogP contribution in [0.4, 0.5) is 0 Å². The predicted molar refractivity (Wildman–Crippen MR) is 83.8 cm³/mol. The number of ketones is 1. The monoisotopic (exact) mass is 295 g/mol. The number of rotatable bonds is 4. The summed E-state index contributed by atoms with van der Waals surface area (Å²) >= 11 is 0. The Kier molecular flexibility index (Phi) is 3.63. The van der Waals surface area contributed by atoms with Gasteiger partial charge in [0.25, 0.3) is 0 Å². The summed E-state index contributed by atoms with van der Waals surface area (Å²) in [6, 6.07) is 9.01. The number of pyridine rings is 1. The average molecular weight is 295 g/mol. The van der Waals surface area contributed by atoms with Crippen LogP contribution < -0.4 is 4.73 Å². The Hall–Kier alpha value is -2.69. The van der Waals surface area contributed by atoms with E-state index in [1.54, 1.807) is 23.0 Å². The number of fused-ring (bicyclic) bond motifs is 1. The fourth-order valence-corrected chi connectivity index (χ4v) is 2.48. The van der Waals surface area contributed by atoms with Crippen LogP contribution in [0.15, 0.2) is 48.9 Å². The number of nitrogens with zero attached hydrogens (tertiary/aromatic N) is 3. The lowest BCUT2D eigenvalue weighted by atomic mass is 9.99. The molecule has 0 aliphatic rings. The summed E-state index contributed by atoms with van der Waals surface area (Å²) < 4.78 is 2.36. The minimum absolute atomic E-state index is 0.118. The zero-order valence-corrected chi connectivity index (χ0v) is 12.6. The minimum Gasteiger partial charge on any atom is -0.619 e. The molecule has 2 aromatic heterocycles. The highest BCUT2D eigenvalue weighted by Gasteiger charge is 2.14. The average Bonchev–Trinajstić information content (AvgIpc) is 2.90. The maximum Gasteiger partial charge on any atom is 0.206 e. The van der Waals surface area contributed by atoms with Crippen molar-refractivity contribution in [2.45, 2.75) is 20.3 Å². The van der Waals surface area contributed by atoms with Crippen LogP contribution >= 0.6 is 0 Å². The molecule has 3 rings (SSSR count). The van der Waals surface area contributed by atoms with Crippen LogP contribution in [0.1, 0.15) is 30.6 Å². The van der Waals surface area contributed by atoms with E-state index < -0.39 is 0 Å². The molecule has 5 nitrogen and oxygen atoms in total. The first kappa shape index (κ1) is 14.3. The number of hydrogen-bond donors (Lipinski definition) is 0. The second-order valence-corrected chi connectivity index (χ2v) is 5.76. The van der Waals surface area contributed by atoms with Gasteiger partial charge in [-0.1, -0.05) is 26.0 Å². The van der Waals surface area contributed by atoms with Crippen LogP contribution in [0.2, 0.25) is 0 Å². The van der Waals surface area contributed by atoms with Crippen molar-refractivity contribution < 1.29 is 9.52 Å². The van der Waals surface area contributed by atoms with Crippen molar-refractivity contribution in [1.29, 1.82) is 0 Å². The first-order valence-corrected chi connectivity index (χ1v) is 7.25. The normalized spacial score (nSPS) is 11.2. The highest BCUT2D eigenvalue weighted by atomic mass is 16.5. The molecule has 0 spiro atoms. The van der Waals surface area contributed by atoms with Crippen LogP contribution in [0, 0.1) is 11.1 Å². The van der Waals surface area contributed by atoms with E-state index in [-0.39, 0.29) is 5.78 Å². The second kappa shape index (κ2) is 5.60. The Morgan fingerprint density at radius 1 is 1.32 bits per heavy atom. The van der Waals surface area contributed by atoms with Crippen LogP contribution in [0.3, 0.4) is 0 Å². The quantitative estimate of drug-likeness (QED) is 0.422. The third-order valence-electron chi connectivity index (χ3n) is 3.47. The molecule has 3 aromatic rings. The van der Waals surface area contributed by atoms with Gasteiger partial charge in [-0.15, -0.1) is 0 Å². The molecule has 112 valence electrons. The summed E-state index contributed by atoms with van der Waals surface area (Å²) in [4.78, 5) is 12.4. The van der Waals surface area contributed by atoms with Crippen LogP contribution in [-0.4, -0.2) is 15.6 Å². The van der Waals surface area contributed by atoms with Crippen molar-refractivity contribution in [2.24, 2.45) is 5.92 Å². The zero-order chi connectivity index (χ0) is 15.7. The van der Waals surface area contributed by atoms with Crippen molar-refractivity contribution in [3.63, 3.8) is 0 Å². The molecule has 0 aliphatic heterocycles. The third-order valence-corrected chi connectivity index (χ3v) is 3.47. The number of carbonyl (C=O) groups is 1. The van der Waals surface area contributed by atoms with Crippen LogP contribution in [-0.2, 0) is 0 Å². The van der Waals surface area contributed by atoms with Gasteiger partial charge < -0.3 is 5.21 Å². The Bertz CT molecular complexity index is 837. The summed E-state index contributed by atoms with van der Waals surface area (Å²) in [5.41, 5.74) is 2.09. The lowest BCUT2D eigenvalue weighted by Crippen LogP contribution is -2.25. The van der Waals surface area contributed by atoms with Crippen molar-refractivity contribution in [1.82, 2.24) is 9.78 Å². The van der Waals surface area contributed by atoms with Gasteiger partial charge in [0, 0.05) is 29.6 Å². The summed E-state index contributed by atoms with van der Waals surface area (Å²) in [6.45, 7) is 4.05. The molecule has 5 heteroatoms. The van der Waals surface area contributed by atoms with E-state index >= 15 is 0 Å². The molecular weight excluding hydrogens is 278 g/mol. The van der Waals surface area contributed by atoms with E-state index in [1.165, 1.54) is 12.4 Å². The van der Waals surface area contributed by atoms with Gasteiger partial charge in [0.15, 0.2) is 12.0 Å². The zero-order valence-electron chi connectivity index (χ0n) is 12.6. The summed E-state index contributed by atoms with van der Waals surface area (Å²) in [5.74, 6) is 0.429. The molecule has 0 bridgehead atoms. The lowest BCUT2D eigenvalue weighted by Gasteiger charge is -2.04. The third kappa shape index (κ3) is 2.70. The number of benzene rings is 1. The molecular formula is C17H17N3O2. The van der Waals surface area contributed by atoms with Gasteiger partial charge >= 0.3 is 0 Å². The largest absolute Gasteiger partial charge is 0.619 e. The maximum absolute atomic E-state index is 12.4. The molecule has 0 saturated carbocycles. The van der Waals surface area contributed by atoms with E-state index in [4.69, 9.17) is 0 Å². The number of hydrogen-bond acceptors (Lipinski definition) is 3. The summed E-state index contributed by atoms with van der Waals surface area (Å²) in [7, 11) is 0. The van der Waals surface area contributed by atoms with Gasteiger partial charge in [-0.25, -0.2) is 4.68 Å². The van der Waals surface area contributed by atoms with E-state index in [2.05, 4.69) is 5.10 Å². The molecule has 1 aromatic carbocycles. The fourth-order valence-electron chi connectivity index (χ4n) is 2.48. The van der Waals surface area contributed by atoms with E-state index in [1.807, 2.05) is 32.0 Å². The van der Waals surface area contributed by atoms with E-state index in [9.17, 15) is 10.0 Å². The number of carbonyl (C=O) groups excluding carboxylic acids is 1.